The summed E-state index contributed by atoms with van der Waals surface area (Å²) in [6, 6.07) is 13.7. The van der Waals surface area contributed by atoms with Crippen LogP contribution in [0.25, 0.3) is 0 Å². The lowest BCUT2D eigenvalue weighted by Gasteiger charge is -2.25. The average Bonchev–Trinajstić information content (AvgIpc) is 2.67. The van der Waals surface area contributed by atoms with Gasteiger partial charge in [0.1, 0.15) is 11.5 Å². The molecule has 29 heavy (non-hydrogen) atoms. The zero-order chi connectivity index (χ0) is 21.4. The number of methoxy groups -OCH3 is 1. The summed E-state index contributed by atoms with van der Waals surface area (Å²) in [6.45, 7) is 6.43. The van der Waals surface area contributed by atoms with Gasteiger partial charge in [0.2, 0.25) is 0 Å². The van der Waals surface area contributed by atoms with Crippen molar-refractivity contribution in [1.82, 2.24) is 4.90 Å². The van der Waals surface area contributed by atoms with Crippen LogP contribution in [0.3, 0.4) is 0 Å². The van der Waals surface area contributed by atoms with Crippen LogP contribution in [-0.4, -0.2) is 38.8 Å². The van der Waals surface area contributed by atoms with Crippen LogP contribution in [0.5, 0.6) is 11.5 Å². The first-order valence-corrected chi connectivity index (χ1v) is 11.0. The lowest BCUT2D eigenvalue weighted by molar-refractivity contribution is 0.201. The quantitative estimate of drug-likeness (QED) is 0.617. The molecule has 158 valence electrons. The number of anilines is 1. The molecule has 0 heterocycles. The summed E-state index contributed by atoms with van der Waals surface area (Å²) >= 11 is 0. The van der Waals surface area contributed by atoms with E-state index in [1.165, 1.54) is 6.92 Å². The molecule has 0 atom stereocenters. The number of nitrogens with one attached hydrogen (secondary N) is 1. The maximum absolute atomic E-state index is 12.9. The monoisotopic (exact) mass is 420 g/mol. The highest BCUT2D eigenvalue weighted by molar-refractivity contribution is 7.87. The predicted octanol–water partition coefficient (Wildman–Crippen LogP) is 4.11. The van der Waals surface area contributed by atoms with E-state index >= 15 is 0 Å². The van der Waals surface area contributed by atoms with Crippen LogP contribution < -0.4 is 14.2 Å². The third-order valence-electron chi connectivity index (χ3n) is 4.04. The third kappa shape index (κ3) is 7.30. The summed E-state index contributed by atoms with van der Waals surface area (Å²) in [6.07, 6.45) is 0. The number of benzene rings is 2. The minimum absolute atomic E-state index is 0.111. The number of amides is 2. The summed E-state index contributed by atoms with van der Waals surface area (Å²) < 4.78 is 33.7. The second-order valence-corrected chi connectivity index (χ2v) is 8.87. The number of carbonyl (C=O) groups is 1. The maximum atomic E-state index is 12.9. The van der Waals surface area contributed by atoms with Crippen LogP contribution in [0, 0.1) is 5.92 Å². The van der Waals surface area contributed by atoms with Gasteiger partial charge in [-0.15, -0.1) is 0 Å². The van der Waals surface area contributed by atoms with E-state index in [-0.39, 0.29) is 23.5 Å². The molecule has 7 nitrogen and oxygen atoms in total. The standard InChI is InChI=1S/C21H28N2O5S/c1-5-29(25,26)28-20-11-6-8-17(12-20)15-23(14-16(2)3)21(24)22-18-9-7-10-19(13-18)27-4/h6-13,16H,5,14-15H2,1-4H3,(H,22,24). The van der Waals surface area contributed by atoms with E-state index in [0.717, 1.165) is 5.56 Å². The fourth-order valence-corrected chi connectivity index (χ4v) is 3.20. The van der Waals surface area contributed by atoms with Crippen molar-refractivity contribution in [1.29, 1.82) is 0 Å². The molecule has 0 aliphatic rings. The smallest absolute Gasteiger partial charge is 0.322 e. The van der Waals surface area contributed by atoms with Gasteiger partial charge in [0.15, 0.2) is 0 Å². The van der Waals surface area contributed by atoms with Gasteiger partial charge in [-0.1, -0.05) is 32.0 Å². The van der Waals surface area contributed by atoms with Crippen LogP contribution in [0.1, 0.15) is 26.3 Å². The van der Waals surface area contributed by atoms with E-state index in [2.05, 4.69) is 5.32 Å². The highest BCUT2D eigenvalue weighted by Crippen LogP contribution is 2.20. The fraction of sp³-hybridized carbons (Fsp3) is 0.381. The van der Waals surface area contributed by atoms with Gasteiger partial charge in [-0.2, -0.15) is 8.42 Å². The molecule has 0 spiro atoms. The molecule has 1 N–H and O–H groups in total. The molecule has 0 unspecified atom stereocenters. The Labute approximate surface area is 172 Å². The summed E-state index contributed by atoms with van der Waals surface area (Å²) in [7, 11) is -2.04. The van der Waals surface area contributed by atoms with E-state index in [1.807, 2.05) is 19.9 Å². The second-order valence-electron chi connectivity index (χ2n) is 7.01. The van der Waals surface area contributed by atoms with Gasteiger partial charge in [0, 0.05) is 24.8 Å². The SMILES string of the molecule is CCS(=O)(=O)Oc1cccc(CN(CC(C)C)C(=O)Nc2cccc(OC)c2)c1. The van der Waals surface area contributed by atoms with Crippen molar-refractivity contribution < 1.29 is 22.1 Å². The minimum atomic E-state index is -3.61. The van der Waals surface area contributed by atoms with E-state index in [0.29, 0.717) is 24.5 Å². The summed E-state index contributed by atoms with van der Waals surface area (Å²) in [5.74, 6) is 1.04. The topological polar surface area (TPSA) is 84.9 Å². The molecule has 0 aliphatic heterocycles. The highest BCUT2D eigenvalue weighted by Gasteiger charge is 2.17. The van der Waals surface area contributed by atoms with Gasteiger partial charge in [0.05, 0.1) is 12.9 Å². The molecular weight excluding hydrogens is 392 g/mol. The van der Waals surface area contributed by atoms with Crippen LogP contribution in [-0.2, 0) is 16.7 Å². The number of nitrogens with zero attached hydrogens (tertiary/aromatic N) is 1. The molecule has 8 heteroatoms. The average molecular weight is 421 g/mol. The Bertz CT molecular complexity index is 928. The first-order chi connectivity index (χ1) is 13.7. The van der Waals surface area contributed by atoms with Crippen molar-refractivity contribution in [2.24, 2.45) is 5.92 Å². The second kappa shape index (κ2) is 10.2. The van der Waals surface area contributed by atoms with Gasteiger partial charge < -0.3 is 19.1 Å². The molecule has 0 aliphatic carbocycles. The molecule has 2 aromatic rings. The van der Waals surface area contributed by atoms with E-state index in [9.17, 15) is 13.2 Å². The van der Waals surface area contributed by atoms with Crippen LogP contribution in [0.2, 0.25) is 0 Å². The van der Waals surface area contributed by atoms with Gasteiger partial charge in [0.25, 0.3) is 0 Å². The van der Waals surface area contributed by atoms with Gasteiger partial charge in [-0.25, -0.2) is 4.79 Å². The highest BCUT2D eigenvalue weighted by atomic mass is 32.2. The zero-order valence-corrected chi connectivity index (χ0v) is 18.0. The van der Waals surface area contributed by atoms with Crippen LogP contribution in [0.15, 0.2) is 48.5 Å². The van der Waals surface area contributed by atoms with Gasteiger partial charge in [-0.3, -0.25) is 0 Å². The summed E-state index contributed by atoms with van der Waals surface area (Å²) in [5, 5.41) is 2.88. The summed E-state index contributed by atoms with van der Waals surface area (Å²) in [5.41, 5.74) is 1.41. The number of rotatable bonds is 9. The Morgan fingerprint density at radius 1 is 1.10 bits per heavy atom. The largest absolute Gasteiger partial charge is 0.497 e. The Balaban J connectivity index is 2.16. The molecule has 0 radical (unpaired) electrons. The first-order valence-electron chi connectivity index (χ1n) is 9.43. The Kier molecular flexibility index (Phi) is 7.90. The molecular formula is C21H28N2O5S. The number of urea groups is 1. The van der Waals surface area contributed by atoms with E-state index < -0.39 is 10.1 Å². The predicted molar refractivity (Wildman–Crippen MR) is 114 cm³/mol. The van der Waals surface area contributed by atoms with Crippen molar-refractivity contribution in [2.45, 2.75) is 27.3 Å². The van der Waals surface area contributed by atoms with Crippen molar-refractivity contribution in [3.8, 4) is 11.5 Å². The molecule has 0 saturated carbocycles. The Morgan fingerprint density at radius 3 is 2.45 bits per heavy atom. The van der Waals surface area contributed by atoms with Crippen molar-refractivity contribution >= 4 is 21.8 Å². The molecule has 0 aromatic heterocycles. The minimum Gasteiger partial charge on any atom is -0.497 e. The number of hydrogen-bond donors (Lipinski definition) is 1. The molecule has 2 aromatic carbocycles. The van der Waals surface area contributed by atoms with Crippen molar-refractivity contribution in [3.05, 3.63) is 54.1 Å². The Hall–Kier alpha value is -2.74. The van der Waals surface area contributed by atoms with Crippen molar-refractivity contribution in [2.75, 3.05) is 24.7 Å². The van der Waals surface area contributed by atoms with E-state index in [4.69, 9.17) is 8.92 Å². The molecule has 2 rings (SSSR count). The summed E-state index contributed by atoms with van der Waals surface area (Å²) in [4.78, 5) is 14.5. The lowest BCUT2D eigenvalue weighted by Crippen LogP contribution is -2.37. The zero-order valence-electron chi connectivity index (χ0n) is 17.2. The van der Waals surface area contributed by atoms with Crippen LogP contribution >= 0.6 is 0 Å². The molecule has 0 bridgehead atoms. The number of ether oxygens (including phenoxy) is 1. The molecule has 2 amide bonds. The number of hydrogen-bond acceptors (Lipinski definition) is 5. The normalized spacial score (nSPS) is 11.2. The maximum Gasteiger partial charge on any atom is 0.322 e. The molecule has 0 fully saturated rings. The van der Waals surface area contributed by atoms with Crippen LogP contribution in [0.4, 0.5) is 10.5 Å². The molecule has 0 saturated heterocycles. The Morgan fingerprint density at radius 2 is 1.79 bits per heavy atom. The third-order valence-corrected chi connectivity index (χ3v) is 5.20. The van der Waals surface area contributed by atoms with Gasteiger partial charge >= 0.3 is 16.1 Å². The van der Waals surface area contributed by atoms with Crippen molar-refractivity contribution in [3.63, 3.8) is 0 Å². The first kappa shape index (κ1) is 22.5. The fourth-order valence-electron chi connectivity index (χ4n) is 2.68. The lowest BCUT2D eigenvalue weighted by atomic mass is 10.1. The van der Waals surface area contributed by atoms with Gasteiger partial charge in [-0.05, 0) is 42.7 Å². The number of carbonyl (C=O) groups excluding carboxylic acids is 1. The van der Waals surface area contributed by atoms with E-state index in [1.54, 1.807) is 54.5 Å².